The van der Waals surface area contributed by atoms with Crippen molar-refractivity contribution < 1.29 is 10.2 Å². The maximum absolute atomic E-state index is 10.2. The summed E-state index contributed by atoms with van der Waals surface area (Å²) in [6.07, 6.45) is 4.71. The maximum Gasteiger partial charge on any atom is 0.0793 e. The predicted octanol–water partition coefficient (Wildman–Crippen LogP) is 0.536. The van der Waals surface area contributed by atoms with E-state index >= 15 is 0 Å². The SMILES string of the molecule is CC1CCN(CC(O)CN(CCO)C2CC2)CC1. The summed E-state index contributed by atoms with van der Waals surface area (Å²) in [4.78, 5) is 4.63. The molecule has 1 heterocycles. The fourth-order valence-corrected chi connectivity index (χ4v) is 2.86. The Kier molecular flexibility index (Phi) is 5.42. The number of likely N-dealkylation sites (tertiary alicyclic amines) is 1. The summed E-state index contributed by atoms with van der Waals surface area (Å²) in [7, 11) is 0. The van der Waals surface area contributed by atoms with Crippen molar-refractivity contribution in [2.75, 3.05) is 39.3 Å². The van der Waals surface area contributed by atoms with Crippen molar-refractivity contribution in [2.45, 2.75) is 44.8 Å². The standard InChI is InChI=1S/C14H28N2O2/c1-12-4-6-15(7-5-12)10-14(18)11-16(8-9-17)13-2-3-13/h12-14,17-18H,2-11H2,1H3. The fourth-order valence-electron chi connectivity index (χ4n) is 2.86. The summed E-state index contributed by atoms with van der Waals surface area (Å²) in [5, 5.41) is 19.2. The summed E-state index contributed by atoms with van der Waals surface area (Å²) in [5.74, 6) is 0.843. The van der Waals surface area contributed by atoms with Gasteiger partial charge in [0.25, 0.3) is 0 Å². The molecule has 1 aliphatic heterocycles. The highest BCUT2D eigenvalue weighted by atomic mass is 16.3. The predicted molar refractivity (Wildman–Crippen MR) is 72.5 cm³/mol. The van der Waals surface area contributed by atoms with Gasteiger partial charge < -0.3 is 15.1 Å². The first-order chi connectivity index (χ1) is 8.69. The lowest BCUT2D eigenvalue weighted by Gasteiger charge is -2.33. The van der Waals surface area contributed by atoms with Crippen LogP contribution in [0.25, 0.3) is 0 Å². The Morgan fingerprint density at radius 2 is 1.89 bits per heavy atom. The van der Waals surface area contributed by atoms with Crippen LogP contribution in [-0.4, -0.2) is 71.5 Å². The molecule has 2 N–H and O–H groups in total. The molecule has 0 aromatic heterocycles. The zero-order chi connectivity index (χ0) is 13.0. The molecule has 1 atom stereocenters. The van der Waals surface area contributed by atoms with Crippen LogP contribution in [0.4, 0.5) is 0 Å². The Balaban J connectivity index is 1.68. The Morgan fingerprint density at radius 3 is 2.44 bits per heavy atom. The van der Waals surface area contributed by atoms with Crippen molar-refractivity contribution in [1.29, 1.82) is 0 Å². The van der Waals surface area contributed by atoms with Crippen LogP contribution in [0.1, 0.15) is 32.6 Å². The van der Waals surface area contributed by atoms with Crippen molar-refractivity contribution in [3.63, 3.8) is 0 Å². The van der Waals surface area contributed by atoms with Gasteiger partial charge in [0.1, 0.15) is 0 Å². The van der Waals surface area contributed by atoms with Gasteiger partial charge in [-0.15, -0.1) is 0 Å². The van der Waals surface area contributed by atoms with Crippen LogP contribution >= 0.6 is 0 Å². The number of aliphatic hydroxyl groups is 2. The van der Waals surface area contributed by atoms with Crippen molar-refractivity contribution in [3.05, 3.63) is 0 Å². The molecule has 2 rings (SSSR count). The molecule has 1 saturated carbocycles. The molecule has 106 valence electrons. The molecule has 4 nitrogen and oxygen atoms in total. The average molecular weight is 256 g/mol. The molecule has 4 heteroatoms. The molecule has 2 fully saturated rings. The molecular weight excluding hydrogens is 228 g/mol. The zero-order valence-corrected chi connectivity index (χ0v) is 11.6. The van der Waals surface area contributed by atoms with Gasteiger partial charge in [-0.05, 0) is 44.7 Å². The van der Waals surface area contributed by atoms with E-state index in [1.165, 1.54) is 25.7 Å². The molecular formula is C14H28N2O2. The monoisotopic (exact) mass is 256 g/mol. The van der Waals surface area contributed by atoms with E-state index < -0.39 is 0 Å². The van der Waals surface area contributed by atoms with Crippen molar-refractivity contribution in [1.82, 2.24) is 9.80 Å². The van der Waals surface area contributed by atoms with Crippen molar-refractivity contribution >= 4 is 0 Å². The first kappa shape index (κ1) is 14.3. The molecule has 2 aliphatic rings. The van der Waals surface area contributed by atoms with Gasteiger partial charge in [-0.25, -0.2) is 0 Å². The highest BCUT2D eigenvalue weighted by molar-refractivity contribution is 4.86. The number of hydrogen-bond acceptors (Lipinski definition) is 4. The van der Waals surface area contributed by atoms with E-state index in [2.05, 4.69) is 16.7 Å². The third kappa shape index (κ3) is 4.50. The van der Waals surface area contributed by atoms with E-state index in [4.69, 9.17) is 5.11 Å². The van der Waals surface area contributed by atoms with Gasteiger partial charge in [-0.1, -0.05) is 6.92 Å². The molecule has 1 aliphatic carbocycles. The van der Waals surface area contributed by atoms with Gasteiger partial charge in [-0.2, -0.15) is 0 Å². The van der Waals surface area contributed by atoms with E-state index in [9.17, 15) is 5.11 Å². The van der Waals surface area contributed by atoms with Gasteiger partial charge in [-0.3, -0.25) is 4.90 Å². The molecule has 0 radical (unpaired) electrons. The Hall–Kier alpha value is -0.160. The van der Waals surface area contributed by atoms with Crippen LogP contribution in [0, 0.1) is 5.92 Å². The van der Waals surface area contributed by atoms with Crippen LogP contribution in [-0.2, 0) is 0 Å². The van der Waals surface area contributed by atoms with E-state index in [1.807, 2.05) is 0 Å². The zero-order valence-electron chi connectivity index (χ0n) is 11.6. The van der Waals surface area contributed by atoms with Gasteiger partial charge in [0.05, 0.1) is 12.7 Å². The molecule has 1 saturated heterocycles. The molecule has 0 amide bonds. The number of rotatable bonds is 7. The van der Waals surface area contributed by atoms with Crippen LogP contribution in [0.3, 0.4) is 0 Å². The largest absolute Gasteiger partial charge is 0.395 e. The lowest BCUT2D eigenvalue weighted by atomic mass is 9.99. The number of hydrogen-bond donors (Lipinski definition) is 2. The first-order valence-corrected chi connectivity index (χ1v) is 7.44. The summed E-state index contributed by atoms with van der Waals surface area (Å²) in [6, 6.07) is 0.619. The molecule has 0 spiro atoms. The minimum atomic E-state index is -0.273. The molecule has 1 unspecified atom stereocenters. The third-order valence-electron chi connectivity index (χ3n) is 4.24. The first-order valence-electron chi connectivity index (χ1n) is 7.44. The van der Waals surface area contributed by atoms with Crippen LogP contribution in [0.15, 0.2) is 0 Å². The Bertz CT molecular complexity index is 238. The van der Waals surface area contributed by atoms with E-state index in [0.29, 0.717) is 12.6 Å². The van der Waals surface area contributed by atoms with Crippen LogP contribution in [0.5, 0.6) is 0 Å². The highest BCUT2D eigenvalue weighted by Crippen LogP contribution is 2.26. The highest BCUT2D eigenvalue weighted by Gasteiger charge is 2.30. The topological polar surface area (TPSA) is 46.9 Å². The minimum absolute atomic E-state index is 0.199. The summed E-state index contributed by atoms with van der Waals surface area (Å²) in [5.41, 5.74) is 0. The molecule has 0 aromatic rings. The second-order valence-corrected chi connectivity index (χ2v) is 6.09. The van der Waals surface area contributed by atoms with Gasteiger partial charge in [0, 0.05) is 25.7 Å². The summed E-state index contributed by atoms with van der Waals surface area (Å²) < 4.78 is 0. The smallest absolute Gasteiger partial charge is 0.0793 e. The maximum atomic E-state index is 10.2. The number of piperidine rings is 1. The third-order valence-corrected chi connectivity index (χ3v) is 4.24. The van der Waals surface area contributed by atoms with Crippen LogP contribution in [0.2, 0.25) is 0 Å². The van der Waals surface area contributed by atoms with Crippen LogP contribution < -0.4 is 0 Å². The Labute approximate surface area is 111 Å². The molecule has 0 bridgehead atoms. The molecule has 18 heavy (non-hydrogen) atoms. The number of β-amino-alcohol motifs (C(OH)–C–C–N with tert-alkyl or cyclic N) is 1. The van der Waals surface area contributed by atoms with Crippen molar-refractivity contribution in [3.8, 4) is 0 Å². The number of nitrogens with zero attached hydrogens (tertiary/aromatic N) is 2. The van der Waals surface area contributed by atoms with Crippen molar-refractivity contribution in [2.24, 2.45) is 5.92 Å². The quantitative estimate of drug-likeness (QED) is 0.698. The normalized spacial score (nSPS) is 24.7. The lowest BCUT2D eigenvalue weighted by Crippen LogP contribution is -2.44. The van der Waals surface area contributed by atoms with Gasteiger partial charge >= 0.3 is 0 Å². The lowest BCUT2D eigenvalue weighted by molar-refractivity contribution is 0.0536. The van der Waals surface area contributed by atoms with E-state index in [-0.39, 0.29) is 12.7 Å². The second kappa shape index (κ2) is 6.85. The second-order valence-electron chi connectivity index (χ2n) is 6.09. The summed E-state index contributed by atoms with van der Waals surface area (Å²) in [6.45, 7) is 6.98. The van der Waals surface area contributed by atoms with Gasteiger partial charge in [0.15, 0.2) is 0 Å². The fraction of sp³-hybridized carbons (Fsp3) is 1.00. The minimum Gasteiger partial charge on any atom is -0.395 e. The van der Waals surface area contributed by atoms with E-state index in [0.717, 1.165) is 32.1 Å². The Morgan fingerprint density at radius 1 is 1.22 bits per heavy atom. The average Bonchev–Trinajstić information content (AvgIpc) is 3.16. The van der Waals surface area contributed by atoms with Gasteiger partial charge in [0.2, 0.25) is 0 Å². The number of aliphatic hydroxyl groups excluding tert-OH is 2. The van der Waals surface area contributed by atoms with E-state index in [1.54, 1.807) is 0 Å². The summed E-state index contributed by atoms with van der Waals surface area (Å²) >= 11 is 0. The molecule has 0 aromatic carbocycles.